The predicted octanol–water partition coefficient (Wildman–Crippen LogP) is -0.155. The summed E-state index contributed by atoms with van der Waals surface area (Å²) in [6, 6.07) is 0. The van der Waals surface area contributed by atoms with Gasteiger partial charge in [0, 0.05) is 39.7 Å². The molecule has 1 aliphatic rings. The standard InChI is InChI=1S/C9H18N2O2/c1-13-8-5-10-4-7-11-6-2-3-9(11)12/h10H,2-8H2,1H3. The topological polar surface area (TPSA) is 41.6 Å². The molecule has 1 rings (SSSR count). The highest BCUT2D eigenvalue weighted by molar-refractivity contribution is 5.78. The summed E-state index contributed by atoms with van der Waals surface area (Å²) in [4.78, 5) is 13.1. The summed E-state index contributed by atoms with van der Waals surface area (Å²) < 4.78 is 4.89. The summed E-state index contributed by atoms with van der Waals surface area (Å²) >= 11 is 0. The Kier molecular flexibility index (Phi) is 4.78. The molecule has 0 bridgehead atoms. The molecule has 0 atom stereocenters. The molecule has 0 unspecified atom stereocenters. The van der Waals surface area contributed by atoms with Gasteiger partial charge in [0.1, 0.15) is 0 Å². The quantitative estimate of drug-likeness (QED) is 0.586. The summed E-state index contributed by atoms with van der Waals surface area (Å²) in [5, 5.41) is 3.21. The first-order valence-corrected chi connectivity index (χ1v) is 4.82. The Morgan fingerprint density at radius 2 is 2.38 bits per heavy atom. The van der Waals surface area contributed by atoms with Crippen LogP contribution in [-0.4, -0.2) is 50.7 Å². The van der Waals surface area contributed by atoms with Crippen molar-refractivity contribution in [1.82, 2.24) is 10.2 Å². The van der Waals surface area contributed by atoms with Crippen LogP contribution in [0.4, 0.5) is 0 Å². The van der Waals surface area contributed by atoms with Crippen LogP contribution in [-0.2, 0) is 9.53 Å². The number of hydrogen-bond donors (Lipinski definition) is 1. The zero-order valence-electron chi connectivity index (χ0n) is 8.21. The third-order valence-corrected chi connectivity index (χ3v) is 2.21. The van der Waals surface area contributed by atoms with Gasteiger partial charge in [-0.05, 0) is 6.42 Å². The molecule has 1 heterocycles. The van der Waals surface area contributed by atoms with Gasteiger partial charge >= 0.3 is 0 Å². The van der Waals surface area contributed by atoms with Gasteiger partial charge in [-0.2, -0.15) is 0 Å². The van der Waals surface area contributed by atoms with Crippen molar-refractivity contribution in [2.45, 2.75) is 12.8 Å². The number of likely N-dealkylation sites (tertiary alicyclic amines) is 1. The molecule has 0 aliphatic carbocycles. The van der Waals surface area contributed by atoms with Crippen molar-refractivity contribution in [2.24, 2.45) is 0 Å². The molecule has 1 amide bonds. The Morgan fingerprint density at radius 1 is 1.54 bits per heavy atom. The second kappa shape index (κ2) is 5.94. The van der Waals surface area contributed by atoms with Gasteiger partial charge in [-0.15, -0.1) is 0 Å². The second-order valence-corrected chi connectivity index (χ2v) is 3.23. The third-order valence-electron chi connectivity index (χ3n) is 2.21. The van der Waals surface area contributed by atoms with Gasteiger partial charge in [0.15, 0.2) is 0 Å². The maximum absolute atomic E-state index is 11.2. The van der Waals surface area contributed by atoms with Crippen LogP contribution in [0.15, 0.2) is 0 Å². The molecule has 0 radical (unpaired) electrons. The Hall–Kier alpha value is -0.610. The second-order valence-electron chi connectivity index (χ2n) is 3.23. The Bertz CT molecular complexity index is 162. The predicted molar refractivity (Wildman–Crippen MR) is 50.6 cm³/mol. The molecule has 4 heteroatoms. The maximum Gasteiger partial charge on any atom is 0.222 e. The van der Waals surface area contributed by atoms with Crippen molar-refractivity contribution in [3.05, 3.63) is 0 Å². The van der Waals surface area contributed by atoms with E-state index >= 15 is 0 Å². The smallest absolute Gasteiger partial charge is 0.222 e. The lowest BCUT2D eigenvalue weighted by molar-refractivity contribution is -0.127. The fourth-order valence-electron chi connectivity index (χ4n) is 1.45. The van der Waals surface area contributed by atoms with Crippen LogP contribution in [0.1, 0.15) is 12.8 Å². The molecule has 0 aromatic rings. The first-order chi connectivity index (χ1) is 6.34. The number of rotatable bonds is 6. The highest BCUT2D eigenvalue weighted by Crippen LogP contribution is 2.07. The number of carbonyl (C=O) groups is 1. The Morgan fingerprint density at radius 3 is 3.00 bits per heavy atom. The van der Waals surface area contributed by atoms with Crippen LogP contribution < -0.4 is 5.32 Å². The highest BCUT2D eigenvalue weighted by Gasteiger charge is 2.18. The zero-order chi connectivity index (χ0) is 9.52. The Balaban J connectivity index is 1.96. The first-order valence-electron chi connectivity index (χ1n) is 4.82. The van der Waals surface area contributed by atoms with Crippen molar-refractivity contribution in [3.8, 4) is 0 Å². The lowest BCUT2D eigenvalue weighted by atomic mass is 10.4. The van der Waals surface area contributed by atoms with Crippen LogP contribution in [0.25, 0.3) is 0 Å². The third kappa shape index (κ3) is 3.74. The van der Waals surface area contributed by atoms with Crippen molar-refractivity contribution >= 4 is 5.91 Å². The number of nitrogens with zero attached hydrogens (tertiary/aromatic N) is 1. The Labute approximate surface area is 79.2 Å². The normalized spacial score (nSPS) is 17.0. The monoisotopic (exact) mass is 186 g/mol. The lowest BCUT2D eigenvalue weighted by Crippen LogP contribution is -2.33. The number of carbonyl (C=O) groups excluding carboxylic acids is 1. The number of amides is 1. The van der Waals surface area contributed by atoms with E-state index in [0.717, 1.165) is 45.6 Å². The van der Waals surface area contributed by atoms with Crippen molar-refractivity contribution in [2.75, 3.05) is 39.9 Å². The summed E-state index contributed by atoms with van der Waals surface area (Å²) in [6.45, 7) is 4.23. The molecule has 0 aromatic heterocycles. The molecule has 1 N–H and O–H groups in total. The van der Waals surface area contributed by atoms with Crippen LogP contribution in [0.3, 0.4) is 0 Å². The van der Waals surface area contributed by atoms with Gasteiger partial charge in [-0.25, -0.2) is 0 Å². The van der Waals surface area contributed by atoms with E-state index in [1.54, 1.807) is 7.11 Å². The maximum atomic E-state index is 11.2. The van der Waals surface area contributed by atoms with Crippen molar-refractivity contribution < 1.29 is 9.53 Å². The van der Waals surface area contributed by atoms with E-state index in [0.29, 0.717) is 5.91 Å². The summed E-state index contributed by atoms with van der Waals surface area (Å²) in [6.07, 6.45) is 1.76. The average Bonchev–Trinajstić information content (AvgIpc) is 2.52. The van der Waals surface area contributed by atoms with E-state index in [9.17, 15) is 4.79 Å². The van der Waals surface area contributed by atoms with E-state index in [1.807, 2.05) is 4.90 Å². The van der Waals surface area contributed by atoms with Crippen LogP contribution in [0.5, 0.6) is 0 Å². The largest absolute Gasteiger partial charge is 0.383 e. The van der Waals surface area contributed by atoms with E-state index in [-0.39, 0.29) is 0 Å². The first kappa shape index (κ1) is 10.5. The van der Waals surface area contributed by atoms with E-state index in [2.05, 4.69) is 5.32 Å². The number of methoxy groups -OCH3 is 1. The molecular weight excluding hydrogens is 168 g/mol. The minimum atomic E-state index is 0.300. The van der Waals surface area contributed by atoms with Gasteiger partial charge in [-0.3, -0.25) is 4.79 Å². The van der Waals surface area contributed by atoms with Crippen molar-refractivity contribution in [3.63, 3.8) is 0 Å². The molecule has 4 nitrogen and oxygen atoms in total. The summed E-state index contributed by atoms with van der Waals surface area (Å²) in [7, 11) is 1.69. The van der Waals surface area contributed by atoms with Gasteiger partial charge < -0.3 is 15.0 Å². The van der Waals surface area contributed by atoms with Gasteiger partial charge in [0.05, 0.1) is 6.61 Å². The summed E-state index contributed by atoms with van der Waals surface area (Å²) in [5.74, 6) is 0.300. The molecule has 13 heavy (non-hydrogen) atoms. The minimum Gasteiger partial charge on any atom is -0.383 e. The average molecular weight is 186 g/mol. The SMILES string of the molecule is COCCNCCN1CCCC1=O. The molecule has 0 saturated carbocycles. The van der Waals surface area contributed by atoms with E-state index < -0.39 is 0 Å². The number of nitrogens with one attached hydrogen (secondary N) is 1. The summed E-state index contributed by atoms with van der Waals surface area (Å²) in [5.41, 5.74) is 0. The lowest BCUT2D eigenvalue weighted by Gasteiger charge is -2.15. The number of ether oxygens (including phenoxy) is 1. The van der Waals surface area contributed by atoms with Crippen LogP contribution in [0, 0.1) is 0 Å². The molecule has 76 valence electrons. The van der Waals surface area contributed by atoms with Crippen LogP contribution in [0.2, 0.25) is 0 Å². The van der Waals surface area contributed by atoms with Gasteiger partial charge in [0.25, 0.3) is 0 Å². The van der Waals surface area contributed by atoms with E-state index in [1.165, 1.54) is 0 Å². The van der Waals surface area contributed by atoms with Gasteiger partial charge in [-0.1, -0.05) is 0 Å². The molecule has 1 saturated heterocycles. The fraction of sp³-hybridized carbons (Fsp3) is 0.889. The number of hydrogen-bond acceptors (Lipinski definition) is 3. The molecule has 1 aliphatic heterocycles. The molecule has 0 spiro atoms. The zero-order valence-corrected chi connectivity index (χ0v) is 8.21. The van der Waals surface area contributed by atoms with Gasteiger partial charge in [0.2, 0.25) is 5.91 Å². The molecule has 0 aromatic carbocycles. The van der Waals surface area contributed by atoms with E-state index in [4.69, 9.17) is 4.74 Å². The minimum absolute atomic E-state index is 0.300. The molecular formula is C9H18N2O2. The highest BCUT2D eigenvalue weighted by atomic mass is 16.5. The van der Waals surface area contributed by atoms with Crippen LogP contribution >= 0.6 is 0 Å². The van der Waals surface area contributed by atoms with Crippen molar-refractivity contribution in [1.29, 1.82) is 0 Å². The molecule has 1 fully saturated rings. The fourth-order valence-corrected chi connectivity index (χ4v) is 1.45.